The third-order valence-electron chi connectivity index (χ3n) is 4.49. The zero-order chi connectivity index (χ0) is 15.4. The molecule has 1 aromatic heterocycles. The molecule has 1 amide bonds. The summed E-state index contributed by atoms with van der Waals surface area (Å²) in [7, 11) is 1.90. The largest absolute Gasteiger partial charge is 0.371 e. The highest BCUT2D eigenvalue weighted by atomic mass is 16.5. The van der Waals surface area contributed by atoms with Gasteiger partial charge in [0.05, 0.1) is 12.2 Å². The van der Waals surface area contributed by atoms with Crippen molar-refractivity contribution in [3.8, 4) is 0 Å². The van der Waals surface area contributed by atoms with Gasteiger partial charge in [0.2, 0.25) is 5.91 Å². The van der Waals surface area contributed by atoms with Gasteiger partial charge in [-0.1, -0.05) is 11.6 Å². The van der Waals surface area contributed by atoms with E-state index in [-0.39, 0.29) is 18.1 Å². The minimum atomic E-state index is -0.0771. The smallest absolute Gasteiger partial charge is 0.224 e. The third-order valence-corrected chi connectivity index (χ3v) is 4.49. The molecule has 5 heteroatoms. The number of aryl methyl sites for hydroxylation is 1. The number of rotatable bonds is 4. The number of ether oxygens (including phenoxy) is 1. The summed E-state index contributed by atoms with van der Waals surface area (Å²) in [6.07, 6.45) is 13.1. The Morgan fingerprint density at radius 1 is 1.45 bits per heavy atom. The van der Waals surface area contributed by atoms with Gasteiger partial charge in [0.15, 0.2) is 0 Å². The van der Waals surface area contributed by atoms with Gasteiger partial charge < -0.3 is 10.1 Å². The van der Waals surface area contributed by atoms with Crippen molar-refractivity contribution < 1.29 is 9.53 Å². The molecule has 120 valence electrons. The first-order valence-corrected chi connectivity index (χ1v) is 8.30. The Hall–Kier alpha value is -1.62. The first-order valence-electron chi connectivity index (χ1n) is 8.30. The van der Waals surface area contributed by atoms with Gasteiger partial charge in [-0.2, -0.15) is 5.10 Å². The predicted molar refractivity (Wildman–Crippen MR) is 84.2 cm³/mol. The fourth-order valence-corrected chi connectivity index (χ4v) is 3.37. The highest BCUT2D eigenvalue weighted by Crippen LogP contribution is 2.28. The molecule has 1 aromatic rings. The minimum Gasteiger partial charge on any atom is -0.371 e. The summed E-state index contributed by atoms with van der Waals surface area (Å²) < 4.78 is 7.67. The second-order valence-electron chi connectivity index (χ2n) is 6.34. The second-order valence-corrected chi connectivity index (χ2v) is 6.34. The molecule has 0 aromatic carbocycles. The van der Waals surface area contributed by atoms with Crippen molar-refractivity contribution in [2.45, 2.75) is 57.1 Å². The zero-order valence-electron chi connectivity index (χ0n) is 13.3. The van der Waals surface area contributed by atoms with E-state index in [4.69, 9.17) is 4.74 Å². The van der Waals surface area contributed by atoms with E-state index in [1.165, 1.54) is 18.4 Å². The summed E-state index contributed by atoms with van der Waals surface area (Å²) in [6, 6.07) is 0.0506. The molecular formula is C17H25N3O2. The summed E-state index contributed by atoms with van der Waals surface area (Å²) in [5.74, 6) is 0.123. The topological polar surface area (TPSA) is 56.1 Å². The molecule has 1 fully saturated rings. The summed E-state index contributed by atoms with van der Waals surface area (Å²) in [6.45, 7) is 0.747. The van der Waals surface area contributed by atoms with Gasteiger partial charge in [0.1, 0.15) is 6.10 Å². The minimum absolute atomic E-state index is 0.0506. The molecule has 0 saturated carbocycles. The lowest BCUT2D eigenvalue weighted by Gasteiger charge is -2.32. The van der Waals surface area contributed by atoms with Crippen molar-refractivity contribution >= 4 is 5.91 Å². The molecule has 0 spiro atoms. The lowest BCUT2D eigenvalue weighted by molar-refractivity contribution is -0.123. The quantitative estimate of drug-likeness (QED) is 0.870. The molecule has 1 N–H and O–H groups in total. The summed E-state index contributed by atoms with van der Waals surface area (Å²) in [4.78, 5) is 12.3. The van der Waals surface area contributed by atoms with Crippen LogP contribution in [0.3, 0.4) is 0 Å². The Kier molecular flexibility index (Phi) is 4.93. The van der Waals surface area contributed by atoms with E-state index in [0.717, 1.165) is 37.9 Å². The molecule has 2 atom stereocenters. The number of amides is 1. The van der Waals surface area contributed by atoms with Crippen molar-refractivity contribution in [1.29, 1.82) is 0 Å². The molecule has 5 nitrogen and oxygen atoms in total. The molecule has 1 aliphatic carbocycles. The third kappa shape index (κ3) is 3.77. The van der Waals surface area contributed by atoms with Crippen LogP contribution in [-0.2, 0) is 16.6 Å². The Morgan fingerprint density at radius 3 is 3.09 bits per heavy atom. The van der Waals surface area contributed by atoms with Gasteiger partial charge in [-0.05, 0) is 38.5 Å². The van der Waals surface area contributed by atoms with Gasteiger partial charge in [0, 0.05) is 31.8 Å². The number of hydrogen-bond acceptors (Lipinski definition) is 3. The highest BCUT2D eigenvalue weighted by Gasteiger charge is 2.29. The van der Waals surface area contributed by atoms with E-state index in [1.807, 2.05) is 19.4 Å². The lowest BCUT2D eigenvalue weighted by atomic mass is 9.95. The Morgan fingerprint density at radius 2 is 2.36 bits per heavy atom. The highest BCUT2D eigenvalue weighted by molar-refractivity contribution is 5.79. The number of hydrogen-bond donors (Lipinski definition) is 1. The average Bonchev–Trinajstić information content (AvgIpc) is 2.95. The van der Waals surface area contributed by atoms with Crippen LogP contribution in [0.1, 0.15) is 56.6 Å². The van der Waals surface area contributed by atoms with Crippen LogP contribution in [0.5, 0.6) is 0 Å². The maximum absolute atomic E-state index is 12.3. The number of allylic oxidation sites excluding steroid dienone is 1. The normalized spacial score (nSPS) is 25.6. The number of aromatic nitrogens is 2. The van der Waals surface area contributed by atoms with E-state index in [9.17, 15) is 4.79 Å². The average molecular weight is 303 g/mol. The Labute approximate surface area is 131 Å². The van der Waals surface area contributed by atoms with Crippen molar-refractivity contribution in [2.24, 2.45) is 7.05 Å². The molecule has 1 saturated heterocycles. The van der Waals surface area contributed by atoms with Crippen molar-refractivity contribution in [2.75, 3.05) is 6.61 Å². The Balaban J connectivity index is 1.61. The summed E-state index contributed by atoms with van der Waals surface area (Å²) >= 11 is 0. The Bertz CT molecular complexity index is 550. The molecule has 22 heavy (non-hydrogen) atoms. The number of nitrogens with one attached hydrogen (secondary N) is 1. The van der Waals surface area contributed by atoms with Gasteiger partial charge in [-0.3, -0.25) is 9.48 Å². The van der Waals surface area contributed by atoms with Crippen LogP contribution in [-0.4, -0.2) is 28.3 Å². The monoisotopic (exact) mass is 303 g/mol. The number of nitrogens with zero attached hydrogens (tertiary/aromatic N) is 2. The molecule has 0 unspecified atom stereocenters. The van der Waals surface area contributed by atoms with Gasteiger partial charge in [-0.15, -0.1) is 0 Å². The number of carbonyl (C=O) groups is 1. The standard InChI is InChI=1S/C17H25N3O2/c1-20-12-14(11-18-20)17-15(8-5-9-22-17)19-16(21)10-13-6-3-2-4-7-13/h6,11-12,15,17H,2-5,7-10H2,1H3,(H,19,21)/t15-,17+/m0/s1. The van der Waals surface area contributed by atoms with Gasteiger partial charge >= 0.3 is 0 Å². The summed E-state index contributed by atoms with van der Waals surface area (Å²) in [5, 5.41) is 7.40. The zero-order valence-corrected chi connectivity index (χ0v) is 13.3. The van der Waals surface area contributed by atoms with Crippen LogP contribution in [0.4, 0.5) is 0 Å². The van der Waals surface area contributed by atoms with E-state index in [2.05, 4.69) is 16.5 Å². The first kappa shape index (κ1) is 15.3. The van der Waals surface area contributed by atoms with Crippen LogP contribution in [0.15, 0.2) is 24.0 Å². The van der Waals surface area contributed by atoms with E-state index >= 15 is 0 Å². The second kappa shape index (κ2) is 7.09. The first-order chi connectivity index (χ1) is 10.7. The van der Waals surface area contributed by atoms with Crippen LogP contribution in [0.2, 0.25) is 0 Å². The molecule has 3 rings (SSSR count). The summed E-state index contributed by atoms with van der Waals surface area (Å²) in [5.41, 5.74) is 2.34. The van der Waals surface area contributed by atoms with Crippen LogP contribution < -0.4 is 5.32 Å². The van der Waals surface area contributed by atoms with Gasteiger partial charge in [-0.25, -0.2) is 0 Å². The molecule has 0 bridgehead atoms. The fraction of sp³-hybridized carbons (Fsp3) is 0.647. The maximum Gasteiger partial charge on any atom is 0.224 e. The van der Waals surface area contributed by atoms with Crippen molar-refractivity contribution in [3.63, 3.8) is 0 Å². The van der Waals surface area contributed by atoms with E-state index < -0.39 is 0 Å². The molecule has 2 aliphatic rings. The van der Waals surface area contributed by atoms with Crippen molar-refractivity contribution in [1.82, 2.24) is 15.1 Å². The van der Waals surface area contributed by atoms with Crippen LogP contribution in [0.25, 0.3) is 0 Å². The molecule has 1 aliphatic heterocycles. The molecule has 0 radical (unpaired) electrons. The fourth-order valence-electron chi connectivity index (χ4n) is 3.37. The van der Waals surface area contributed by atoms with E-state index in [1.54, 1.807) is 4.68 Å². The molecule has 2 heterocycles. The predicted octanol–water partition coefficient (Wildman–Crippen LogP) is 2.65. The van der Waals surface area contributed by atoms with Crippen LogP contribution in [0, 0.1) is 0 Å². The van der Waals surface area contributed by atoms with Crippen LogP contribution >= 0.6 is 0 Å². The van der Waals surface area contributed by atoms with E-state index in [0.29, 0.717) is 6.42 Å². The number of carbonyl (C=O) groups excluding carboxylic acids is 1. The van der Waals surface area contributed by atoms with Gasteiger partial charge in [0.25, 0.3) is 0 Å². The SMILES string of the molecule is Cn1cc([C@H]2OCCC[C@@H]2NC(=O)CC2=CCCCC2)cn1. The van der Waals surface area contributed by atoms with Crippen molar-refractivity contribution in [3.05, 3.63) is 29.6 Å². The molecular weight excluding hydrogens is 278 g/mol. The lowest BCUT2D eigenvalue weighted by Crippen LogP contribution is -2.42. The maximum atomic E-state index is 12.3.